The minimum Gasteiger partial charge on any atom is -0.295 e. The van der Waals surface area contributed by atoms with E-state index in [1.165, 1.54) is 6.92 Å². The molecule has 1 aliphatic rings. The summed E-state index contributed by atoms with van der Waals surface area (Å²) in [5, 5.41) is 2.19. The lowest BCUT2D eigenvalue weighted by molar-refractivity contribution is -0.138. The number of hydrogen-bond donors (Lipinski definition) is 2. The first-order valence-electron chi connectivity index (χ1n) is 11.1. The fraction of sp³-hybridized carbons (Fsp3) is 0.360. The maximum Gasteiger partial charge on any atom is 0.345 e. The molecule has 7 nitrogen and oxygen atoms in total. The highest BCUT2D eigenvalue weighted by atomic mass is 35.5. The number of hydrogen-bond acceptors (Lipinski definition) is 4. The topological polar surface area (TPSA) is 73.9 Å². The minimum absolute atomic E-state index is 0.141. The van der Waals surface area contributed by atoms with Crippen LogP contribution in [0.4, 0.5) is 4.79 Å². The average molecular weight is 471 g/mol. The summed E-state index contributed by atoms with van der Waals surface area (Å²) in [5.74, 6) is 0.179. The highest BCUT2D eigenvalue weighted by Crippen LogP contribution is 2.19. The molecule has 0 saturated heterocycles. The molecule has 0 spiro atoms. The van der Waals surface area contributed by atoms with Crippen LogP contribution in [0.25, 0.3) is 6.08 Å². The summed E-state index contributed by atoms with van der Waals surface area (Å²) in [7, 11) is 0. The number of hydroxylamine groups is 1. The first kappa shape index (κ1) is 24.8. The van der Waals surface area contributed by atoms with Crippen LogP contribution in [-0.2, 0) is 22.7 Å². The summed E-state index contributed by atoms with van der Waals surface area (Å²) in [5.41, 5.74) is 8.75. The Kier molecular flexibility index (Phi) is 8.88. The molecule has 1 aliphatic heterocycles. The predicted octanol–water partition coefficient (Wildman–Crippen LogP) is 4.74. The molecule has 2 aromatic carbocycles. The van der Waals surface area contributed by atoms with Crippen molar-refractivity contribution in [1.82, 2.24) is 20.8 Å². The molecule has 3 rings (SSSR count). The first-order valence-corrected chi connectivity index (χ1v) is 11.4. The molecular formula is C25H31ClN4O3. The minimum atomic E-state index is -0.359. The highest BCUT2D eigenvalue weighted by Gasteiger charge is 2.24. The van der Waals surface area contributed by atoms with Gasteiger partial charge in [0, 0.05) is 24.7 Å². The van der Waals surface area contributed by atoms with Gasteiger partial charge in [0.2, 0.25) is 5.91 Å². The Hall–Kier alpha value is -2.87. The molecule has 1 atom stereocenters. The van der Waals surface area contributed by atoms with E-state index in [0.717, 1.165) is 16.7 Å². The van der Waals surface area contributed by atoms with E-state index in [2.05, 4.69) is 24.8 Å². The number of amides is 3. The van der Waals surface area contributed by atoms with Gasteiger partial charge in [0.25, 0.3) is 0 Å². The van der Waals surface area contributed by atoms with E-state index < -0.39 is 0 Å². The molecule has 2 aromatic rings. The normalized spacial score (nSPS) is 13.5. The van der Waals surface area contributed by atoms with Crippen LogP contribution >= 0.6 is 11.6 Å². The monoisotopic (exact) mass is 470 g/mol. The number of hydrazine groups is 1. The Labute approximate surface area is 200 Å². The summed E-state index contributed by atoms with van der Waals surface area (Å²) in [6.07, 6.45) is 4.33. The number of nitrogens with one attached hydrogen (secondary N) is 2. The van der Waals surface area contributed by atoms with Crippen LogP contribution in [0, 0.1) is 5.92 Å². The van der Waals surface area contributed by atoms with E-state index in [0.29, 0.717) is 30.5 Å². The number of benzene rings is 2. The van der Waals surface area contributed by atoms with Gasteiger partial charge in [-0.15, -0.1) is 0 Å². The molecule has 3 amide bonds. The van der Waals surface area contributed by atoms with Crippen LogP contribution in [0.5, 0.6) is 0 Å². The number of nitrogens with zero attached hydrogens (tertiary/aromatic N) is 2. The second kappa shape index (κ2) is 11.8. The van der Waals surface area contributed by atoms with Gasteiger partial charge in [0.15, 0.2) is 0 Å². The summed E-state index contributed by atoms with van der Waals surface area (Å²) >= 11 is 6.25. The van der Waals surface area contributed by atoms with E-state index in [1.807, 2.05) is 54.6 Å². The molecule has 0 radical (unpaired) electrons. The summed E-state index contributed by atoms with van der Waals surface area (Å²) in [6.45, 7) is 6.67. The lowest BCUT2D eigenvalue weighted by Crippen LogP contribution is -2.51. The van der Waals surface area contributed by atoms with Crippen molar-refractivity contribution < 1.29 is 14.4 Å². The van der Waals surface area contributed by atoms with Crippen molar-refractivity contribution in [2.24, 2.45) is 5.92 Å². The number of fused-ring (bicyclic) bond motifs is 1. The van der Waals surface area contributed by atoms with Crippen molar-refractivity contribution in [3.63, 3.8) is 0 Å². The maximum absolute atomic E-state index is 12.6. The van der Waals surface area contributed by atoms with Crippen LogP contribution in [0.15, 0.2) is 54.7 Å². The first-order chi connectivity index (χ1) is 15.8. The summed E-state index contributed by atoms with van der Waals surface area (Å²) < 4.78 is 0. The van der Waals surface area contributed by atoms with Gasteiger partial charge in [-0.1, -0.05) is 67.9 Å². The molecule has 176 valence electrons. The predicted molar refractivity (Wildman–Crippen MR) is 130 cm³/mol. The van der Waals surface area contributed by atoms with Gasteiger partial charge in [-0.3, -0.25) is 19.5 Å². The van der Waals surface area contributed by atoms with Gasteiger partial charge in [0.1, 0.15) is 0 Å². The van der Waals surface area contributed by atoms with Gasteiger partial charge < -0.3 is 0 Å². The average Bonchev–Trinajstić information content (AvgIpc) is 2.79. The lowest BCUT2D eigenvalue weighted by atomic mass is 10.0. The Morgan fingerprint density at radius 3 is 2.61 bits per heavy atom. The third-order valence-corrected chi connectivity index (χ3v) is 5.74. The Bertz CT molecular complexity index is 995. The molecule has 33 heavy (non-hydrogen) atoms. The molecular weight excluding hydrogens is 440 g/mol. The highest BCUT2D eigenvalue weighted by molar-refractivity contribution is 6.31. The second-order valence-corrected chi connectivity index (χ2v) is 8.87. The van der Waals surface area contributed by atoms with Crippen LogP contribution < -0.4 is 10.9 Å². The van der Waals surface area contributed by atoms with E-state index in [9.17, 15) is 9.59 Å². The number of carbonyl (C=O) groups is 2. The van der Waals surface area contributed by atoms with Crippen molar-refractivity contribution in [3.8, 4) is 0 Å². The Balaban J connectivity index is 1.58. The van der Waals surface area contributed by atoms with Gasteiger partial charge in [-0.2, -0.15) is 0 Å². The standard InChI is InChI=1S/C25H31ClN4O3/c1-18(2)14-23(30(19(3)31)27-15-21-9-6-7-11-24(21)26)17-33-28-25(32)29-13-12-20-8-4-5-10-22(20)16-29/h4-13,18,23,27H,14-17H2,1-3H3,(H,28,32)/t23-/m0/s1. The lowest BCUT2D eigenvalue weighted by Gasteiger charge is -2.32. The molecule has 0 bridgehead atoms. The summed E-state index contributed by atoms with van der Waals surface area (Å²) in [6, 6.07) is 14.8. The SMILES string of the molecule is CC(=O)N(NCc1ccccc1Cl)[C@H](CONC(=O)N1C=Cc2ccccc2C1)CC(C)C. The maximum atomic E-state index is 12.6. The van der Waals surface area contributed by atoms with Gasteiger partial charge in [0.05, 0.1) is 19.2 Å². The molecule has 0 saturated carbocycles. The second-order valence-electron chi connectivity index (χ2n) is 8.46. The van der Waals surface area contributed by atoms with Gasteiger partial charge >= 0.3 is 6.03 Å². The van der Waals surface area contributed by atoms with Crippen molar-refractivity contribution in [2.45, 2.75) is 46.3 Å². The Morgan fingerprint density at radius 2 is 1.88 bits per heavy atom. The molecule has 0 fully saturated rings. The van der Waals surface area contributed by atoms with Crippen molar-refractivity contribution in [1.29, 1.82) is 0 Å². The molecule has 0 aliphatic carbocycles. The third-order valence-electron chi connectivity index (χ3n) is 5.37. The molecule has 0 aromatic heterocycles. The van der Waals surface area contributed by atoms with Crippen LogP contribution in [-0.4, -0.2) is 34.5 Å². The van der Waals surface area contributed by atoms with E-state index in [4.69, 9.17) is 16.4 Å². The molecule has 1 heterocycles. The van der Waals surface area contributed by atoms with Gasteiger partial charge in [-0.25, -0.2) is 15.7 Å². The number of halogens is 1. The van der Waals surface area contributed by atoms with E-state index >= 15 is 0 Å². The zero-order valence-corrected chi connectivity index (χ0v) is 20.0. The third kappa shape index (κ3) is 7.05. The number of rotatable bonds is 9. The van der Waals surface area contributed by atoms with Crippen molar-refractivity contribution in [3.05, 3.63) is 76.4 Å². The molecule has 2 N–H and O–H groups in total. The number of carbonyl (C=O) groups excluding carboxylic acids is 2. The summed E-state index contributed by atoms with van der Waals surface area (Å²) in [4.78, 5) is 32.1. The zero-order valence-electron chi connectivity index (χ0n) is 19.3. The zero-order chi connectivity index (χ0) is 23.8. The van der Waals surface area contributed by atoms with Crippen molar-refractivity contribution in [2.75, 3.05) is 6.61 Å². The Morgan fingerprint density at radius 1 is 1.15 bits per heavy atom. The van der Waals surface area contributed by atoms with Crippen LogP contribution in [0.1, 0.15) is 43.9 Å². The molecule has 8 heteroatoms. The fourth-order valence-electron chi connectivity index (χ4n) is 3.75. The van der Waals surface area contributed by atoms with Crippen LogP contribution in [0.2, 0.25) is 5.02 Å². The van der Waals surface area contributed by atoms with E-state index in [1.54, 1.807) is 16.1 Å². The van der Waals surface area contributed by atoms with E-state index in [-0.39, 0.29) is 24.6 Å². The largest absolute Gasteiger partial charge is 0.345 e. The molecule has 0 unspecified atom stereocenters. The quantitative estimate of drug-likeness (QED) is 0.519. The fourth-order valence-corrected chi connectivity index (χ4v) is 3.95. The van der Waals surface area contributed by atoms with Crippen molar-refractivity contribution >= 4 is 29.6 Å². The number of urea groups is 1. The van der Waals surface area contributed by atoms with Crippen LogP contribution in [0.3, 0.4) is 0 Å². The smallest absolute Gasteiger partial charge is 0.295 e. The van der Waals surface area contributed by atoms with Gasteiger partial charge in [-0.05, 0) is 41.2 Å².